The quantitative estimate of drug-likeness (QED) is 0.339. The van der Waals surface area contributed by atoms with E-state index in [0.717, 1.165) is 38.9 Å². The summed E-state index contributed by atoms with van der Waals surface area (Å²) in [5.74, 6) is -8.24. The summed E-state index contributed by atoms with van der Waals surface area (Å²) >= 11 is 0. The number of carbonyl (C=O) groups is 3. The molecule has 1 spiro atoms. The van der Waals surface area contributed by atoms with Crippen LogP contribution in [0.1, 0.15) is 24.8 Å². The van der Waals surface area contributed by atoms with Crippen molar-refractivity contribution in [2.24, 2.45) is 0 Å². The van der Waals surface area contributed by atoms with E-state index in [1.807, 2.05) is 12.3 Å². The minimum absolute atomic E-state index is 0.113. The Morgan fingerprint density at radius 3 is 1.85 bits per heavy atom. The van der Waals surface area contributed by atoms with Crippen molar-refractivity contribution in [3.8, 4) is 0 Å². The monoisotopic (exact) mass is 685 g/mol. The Hall–Kier alpha value is -4.34. The van der Waals surface area contributed by atoms with E-state index in [2.05, 4.69) is 31.2 Å². The highest BCUT2D eigenvalue weighted by molar-refractivity contribution is 5.73. The third kappa shape index (κ3) is 15.1. The summed E-state index contributed by atoms with van der Waals surface area (Å²) in [6.45, 7) is 3.53. The smallest absolute Gasteiger partial charge is 0.475 e. The van der Waals surface area contributed by atoms with E-state index in [1.165, 1.54) is 18.0 Å². The Morgan fingerprint density at radius 1 is 0.913 bits per heavy atom. The second-order valence-corrected chi connectivity index (χ2v) is 9.35. The number of pyridine rings is 1. The number of alkyl halides is 9. The van der Waals surface area contributed by atoms with Gasteiger partial charge < -0.3 is 25.4 Å². The van der Waals surface area contributed by atoms with Gasteiger partial charge in [0, 0.05) is 31.9 Å². The van der Waals surface area contributed by atoms with Crippen molar-refractivity contribution >= 4 is 23.9 Å². The van der Waals surface area contributed by atoms with Gasteiger partial charge in [-0.1, -0.05) is 6.07 Å². The zero-order valence-electron chi connectivity index (χ0n) is 23.0. The largest absolute Gasteiger partial charge is 0.490 e. The molecule has 22 heteroatoms. The van der Waals surface area contributed by atoms with Gasteiger partial charge in [-0.3, -0.25) is 9.88 Å². The summed E-state index contributed by atoms with van der Waals surface area (Å²) < 4.78 is 114. The van der Waals surface area contributed by atoms with E-state index in [1.54, 1.807) is 6.20 Å². The van der Waals surface area contributed by atoms with E-state index in [9.17, 15) is 43.9 Å². The molecule has 2 unspecified atom stereocenters. The van der Waals surface area contributed by atoms with E-state index < -0.39 is 42.3 Å². The highest BCUT2D eigenvalue weighted by Crippen LogP contribution is 2.36. The van der Waals surface area contributed by atoms with Gasteiger partial charge in [0.15, 0.2) is 5.82 Å². The lowest BCUT2D eigenvalue weighted by Gasteiger charge is -2.39. The zero-order chi connectivity index (χ0) is 35.3. The first-order chi connectivity index (χ1) is 21.0. The zero-order valence-corrected chi connectivity index (χ0v) is 23.0. The van der Waals surface area contributed by atoms with Gasteiger partial charge in [-0.15, -0.1) is 0 Å². The van der Waals surface area contributed by atoms with Crippen LogP contribution in [0.2, 0.25) is 0 Å². The number of nitrogens with zero attached hydrogens (tertiary/aromatic N) is 4. The van der Waals surface area contributed by atoms with Crippen LogP contribution < -0.4 is 5.32 Å². The Morgan fingerprint density at radius 2 is 1.41 bits per heavy atom. The molecule has 2 saturated heterocycles. The molecule has 4 rings (SSSR count). The highest BCUT2D eigenvalue weighted by atomic mass is 19.4. The number of anilines is 1. The van der Waals surface area contributed by atoms with Crippen LogP contribution in [0.5, 0.6) is 0 Å². The molecule has 2 fully saturated rings. The molecule has 12 nitrogen and oxygen atoms in total. The fourth-order valence-corrected chi connectivity index (χ4v) is 3.87. The first-order valence-electron chi connectivity index (χ1n) is 12.4. The molecular weight excluding hydrogens is 660 g/mol. The molecule has 0 saturated carbocycles. The first kappa shape index (κ1) is 39.7. The van der Waals surface area contributed by atoms with Crippen LogP contribution in [-0.4, -0.2) is 103 Å². The van der Waals surface area contributed by atoms with Gasteiger partial charge in [0.05, 0.1) is 30.6 Å². The van der Waals surface area contributed by atoms with Crippen molar-refractivity contribution in [1.29, 1.82) is 0 Å². The second-order valence-electron chi connectivity index (χ2n) is 9.35. The summed E-state index contributed by atoms with van der Waals surface area (Å²) in [6.07, 6.45) is -6.06. The molecule has 2 aromatic rings. The molecule has 46 heavy (non-hydrogen) atoms. The highest BCUT2D eigenvalue weighted by Gasteiger charge is 2.44. The Bertz CT molecular complexity index is 1210. The molecule has 2 atom stereocenters. The van der Waals surface area contributed by atoms with Crippen molar-refractivity contribution < 1.29 is 78.3 Å². The van der Waals surface area contributed by atoms with Gasteiger partial charge in [0.1, 0.15) is 0 Å². The Kier molecular flexibility index (Phi) is 14.5. The second kappa shape index (κ2) is 16.8. The van der Waals surface area contributed by atoms with Gasteiger partial charge in [0.25, 0.3) is 0 Å². The summed E-state index contributed by atoms with van der Waals surface area (Å²) in [4.78, 5) is 41.3. The fourth-order valence-electron chi connectivity index (χ4n) is 3.87. The summed E-state index contributed by atoms with van der Waals surface area (Å²) in [5.41, 5.74) is 1.12. The van der Waals surface area contributed by atoms with Crippen molar-refractivity contribution in [1.82, 2.24) is 19.9 Å². The molecule has 2 aliphatic heterocycles. The van der Waals surface area contributed by atoms with Crippen molar-refractivity contribution in [3.05, 3.63) is 48.3 Å². The number of ether oxygens (including phenoxy) is 1. The van der Waals surface area contributed by atoms with Gasteiger partial charge in [-0.25, -0.2) is 28.7 Å². The number of hydrogen-bond donors (Lipinski definition) is 4. The average Bonchev–Trinajstić information content (AvgIpc) is 3.31. The van der Waals surface area contributed by atoms with Crippen LogP contribution in [0.15, 0.2) is 36.9 Å². The number of halogens is 10. The maximum atomic E-state index is 12.9. The van der Waals surface area contributed by atoms with Gasteiger partial charge in [-0.2, -0.15) is 39.5 Å². The molecule has 0 aliphatic carbocycles. The van der Waals surface area contributed by atoms with Crippen molar-refractivity contribution in [2.45, 2.75) is 56.0 Å². The molecule has 2 aliphatic rings. The number of rotatable bonds is 4. The standard InChI is InChI=1S/C18H22FN5O.3C2HF3O2/c19-15-9-21-17(22-10-15)23-16-7-18(25-12-16)4-2-6-24(13-18)11-14-3-1-5-20-8-14;3*3-2(4,5)1(6)7/h1,3,5,8-10,16H,2,4,6-7,11-13H2,(H,21,22,23);3*(H,6,7). The lowest BCUT2D eigenvalue weighted by atomic mass is 9.88. The normalized spacial score (nSPS) is 19.7. The van der Waals surface area contributed by atoms with Gasteiger partial charge >= 0.3 is 36.4 Å². The van der Waals surface area contributed by atoms with Crippen LogP contribution >= 0.6 is 0 Å². The molecule has 0 amide bonds. The summed E-state index contributed by atoms with van der Waals surface area (Å²) in [6, 6.07) is 4.24. The molecular formula is C24H25F10N5O7. The van der Waals surface area contributed by atoms with Gasteiger partial charge in [0.2, 0.25) is 5.95 Å². The number of aromatic nitrogens is 3. The van der Waals surface area contributed by atoms with Crippen LogP contribution in [0.3, 0.4) is 0 Å². The molecule has 0 bridgehead atoms. The van der Waals surface area contributed by atoms with Crippen molar-refractivity contribution in [3.63, 3.8) is 0 Å². The summed E-state index contributed by atoms with van der Waals surface area (Å²) in [7, 11) is 0. The number of likely N-dealkylation sites (tertiary alicyclic amines) is 1. The van der Waals surface area contributed by atoms with Crippen LogP contribution in [-0.2, 0) is 25.7 Å². The summed E-state index contributed by atoms with van der Waals surface area (Å²) in [5, 5.41) is 24.6. The lowest BCUT2D eigenvalue weighted by Crippen LogP contribution is -2.47. The van der Waals surface area contributed by atoms with Crippen LogP contribution in [0, 0.1) is 5.82 Å². The van der Waals surface area contributed by atoms with E-state index in [-0.39, 0.29) is 11.6 Å². The number of nitrogens with one attached hydrogen (secondary N) is 1. The molecule has 0 radical (unpaired) electrons. The van der Waals surface area contributed by atoms with E-state index in [4.69, 9.17) is 34.4 Å². The minimum atomic E-state index is -5.08. The fraction of sp³-hybridized carbons (Fsp3) is 0.500. The maximum absolute atomic E-state index is 12.9. The number of aliphatic carboxylic acids is 3. The Balaban J connectivity index is 0.000000413. The molecule has 258 valence electrons. The third-order valence-corrected chi connectivity index (χ3v) is 5.64. The molecule has 0 aromatic carbocycles. The SMILES string of the molecule is Fc1cnc(NC2COC3(CCCN(Cc4cccnc4)C3)C2)nc1.O=C(O)C(F)(F)F.O=C(O)C(F)(F)F.O=C(O)C(F)(F)F. The minimum Gasteiger partial charge on any atom is -0.475 e. The molecule has 2 aromatic heterocycles. The van der Waals surface area contributed by atoms with Crippen LogP contribution in [0.4, 0.5) is 49.9 Å². The predicted molar refractivity (Wildman–Crippen MR) is 133 cm³/mol. The number of hydrogen-bond acceptors (Lipinski definition) is 9. The maximum Gasteiger partial charge on any atom is 0.490 e. The lowest BCUT2D eigenvalue weighted by molar-refractivity contribution is -0.193. The molecule has 4 N–H and O–H groups in total. The topological polar surface area (TPSA) is 175 Å². The van der Waals surface area contributed by atoms with E-state index in [0.29, 0.717) is 12.6 Å². The Labute approximate surface area is 252 Å². The average molecular weight is 685 g/mol. The number of carboxylic acid groups (broad SMARTS) is 3. The molecule has 4 heterocycles. The van der Waals surface area contributed by atoms with Crippen molar-refractivity contribution in [2.75, 3.05) is 25.0 Å². The predicted octanol–water partition coefficient (Wildman–Crippen LogP) is 4.15. The number of carboxylic acids is 3. The first-order valence-corrected chi connectivity index (χ1v) is 12.4. The van der Waals surface area contributed by atoms with E-state index >= 15 is 0 Å². The van der Waals surface area contributed by atoms with Gasteiger partial charge in [-0.05, 0) is 31.0 Å². The van der Waals surface area contributed by atoms with Crippen LogP contribution in [0.25, 0.3) is 0 Å². The number of piperidine rings is 1. The third-order valence-electron chi connectivity index (χ3n) is 5.64.